The largest absolute Gasteiger partial charge is 0.381 e. The summed E-state index contributed by atoms with van der Waals surface area (Å²) in [5.41, 5.74) is 0. The Morgan fingerprint density at radius 3 is 2.52 bits per heavy atom. The Labute approximate surface area is 194 Å². The summed E-state index contributed by atoms with van der Waals surface area (Å²) >= 11 is 0. The van der Waals surface area contributed by atoms with Gasteiger partial charge in [-0.25, -0.2) is 0 Å². The Morgan fingerprint density at radius 1 is 1.14 bits per heavy atom. The predicted octanol–water partition coefficient (Wildman–Crippen LogP) is 2.63. The third-order valence-electron chi connectivity index (χ3n) is 5.23. The predicted molar refractivity (Wildman–Crippen MR) is 129 cm³/mol. The Kier molecular flexibility index (Phi) is 15.3. The van der Waals surface area contributed by atoms with Crippen LogP contribution in [0, 0.1) is 0 Å². The molecule has 0 spiro atoms. The molecular weight excluding hydrogens is 483 g/mol. The highest BCUT2D eigenvalue weighted by atomic mass is 127. The second-order valence-corrected chi connectivity index (χ2v) is 7.98. The fraction of sp³-hybridized carbons (Fsp3) is 0.952. The minimum Gasteiger partial charge on any atom is -0.381 e. The van der Waals surface area contributed by atoms with Gasteiger partial charge < -0.3 is 29.7 Å². The summed E-state index contributed by atoms with van der Waals surface area (Å²) < 4.78 is 17.0. The highest BCUT2D eigenvalue weighted by molar-refractivity contribution is 14.0. The second-order valence-electron chi connectivity index (χ2n) is 7.98. The van der Waals surface area contributed by atoms with E-state index >= 15 is 0 Å². The van der Waals surface area contributed by atoms with E-state index in [1.807, 2.05) is 0 Å². The summed E-state index contributed by atoms with van der Waals surface area (Å²) in [5.74, 6) is 0.940. The van der Waals surface area contributed by atoms with Crippen LogP contribution in [0.25, 0.3) is 0 Å². The number of likely N-dealkylation sites (tertiary alicyclic amines) is 1. The van der Waals surface area contributed by atoms with Crippen molar-refractivity contribution in [1.29, 1.82) is 0 Å². The molecule has 0 aromatic heterocycles. The molecular formula is C21H43IN4O3. The molecule has 0 aromatic rings. The summed E-state index contributed by atoms with van der Waals surface area (Å²) in [7, 11) is 0. The number of halogens is 1. The molecule has 0 saturated carbocycles. The third kappa shape index (κ3) is 12.3. The van der Waals surface area contributed by atoms with Gasteiger partial charge in [0.25, 0.3) is 0 Å². The van der Waals surface area contributed by atoms with Crippen molar-refractivity contribution in [2.45, 2.75) is 71.1 Å². The fourth-order valence-corrected chi connectivity index (χ4v) is 3.58. The molecule has 2 N–H and O–H groups in total. The van der Waals surface area contributed by atoms with Crippen molar-refractivity contribution >= 4 is 29.9 Å². The van der Waals surface area contributed by atoms with E-state index in [0.717, 1.165) is 97.2 Å². The summed E-state index contributed by atoms with van der Waals surface area (Å²) in [4.78, 5) is 7.23. The number of nitrogens with zero attached hydrogens (tertiary/aromatic N) is 2. The molecule has 0 bridgehead atoms. The zero-order valence-corrected chi connectivity index (χ0v) is 21.0. The lowest BCUT2D eigenvalue weighted by Gasteiger charge is -2.33. The first-order chi connectivity index (χ1) is 13.7. The van der Waals surface area contributed by atoms with Gasteiger partial charge in [-0.1, -0.05) is 0 Å². The molecule has 0 radical (unpaired) electrons. The zero-order chi connectivity index (χ0) is 20.0. The fourth-order valence-electron chi connectivity index (χ4n) is 3.58. The van der Waals surface area contributed by atoms with Crippen LogP contribution in [0.5, 0.6) is 0 Å². The molecule has 8 heteroatoms. The summed E-state index contributed by atoms with van der Waals surface area (Å²) in [6.45, 7) is 14.5. The Hall–Kier alpha value is -0.160. The maximum atomic E-state index is 5.93. The maximum absolute atomic E-state index is 5.93. The van der Waals surface area contributed by atoms with Crippen molar-refractivity contribution in [3.8, 4) is 0 Å². The van der Waals surface area contributed by atoms with Gasteiger partial charge in [-0.15, -0.1) is 24.0 Å². The summed E-state index contributed by atoms with van der Waals surface area (Å²) in [6.07, 6.45) is 6.01. The number of guanidine groups is 1. The topological polar surface area (TPSA) is 67.4 Å². The van der Waals surface area contributed by atoms with Crippen molar-refractivity contribution in [2.24, 2.45) is 4.99 Å². The van der Waals surface area contributed by atoms with E-state index in [0.29, 0.717) is 18.2 Å². The first kappa shape index (κ1) is 26.9. The van der Waals surface area contributed by atoms with E-state index in [2.05, 4.69) is 36.3 Å². The van der Waals surface area contributed by atoms with Gasteiger partial charge in [0, 0.05) is 58.6 Å². The average Bonchev–Trinajstić information content (AvgIpc) is 2.69. The van der Waals surface area contributed by atoms with Crippen LogP contribution in [0.15, 0.2) is 4.99 Å². The van der Waals surface area contributed by atoms with Crippen LogP contribution >= 0.6 is 24.0 Å². The van der Waals surface area contributed by atoms with E-state index < -0.39 is 0 Å². The van der Waals surface area contributed by atoms with Gasteiger partial charge in [0.1, 0.15) is 0 Å². The molecule has 0 aromatic carbocycles. The van der Waals surface area contributed by atoms with Gasteiger partial charge in [0.2, 0.25) is 0 Å². The zero-order valence-electron chi connectivity index (χ0n) is 18.7. The lowest BCUT2D eigenvalue weighted by atomic mass is 10.1. The first-order valence-corrected chi connectivity index (χ1v) is 11.3. The standard InChI is InChI=1S/C21H42N4O3.HI/c1-4-22-21(23-10-5-14-28-20-8-15-26-16-9-20)24-19-6-11-25(12-7-19)13-17-27-18(2)3;/h18-20H,4-17H2,1-3H3,(H2,22,23,24);1H. The van der Waals surface area contributed by atoms with Gasteiger partial charge in [0.05, 0.1) is 18.8 Å². The normalized spacial score (nSPS) is 19.9. The van der Waals surface area contributed by atoms with Crippen LogP contribution in [0.4, 0.5) is 0 Å². The molecule has 172 valence electrons. The van der Waals surface area contributed by atoms with Crippen molar-refractivity contribution in [3.05, 3.63) is 0 Å². The highest BCUT2D eigenvalue weighted by Crippen LogP contribution is 2.11. The van der Waals surface area contributed by atoms with Crippen LogP contribution in [0.3, 0.4) is 0 Å². The number of piperidine rings is 1. The minimum atomic E-state index is 0. The number of ether oxygens (including phenoxy) is 3. The average molecular weight is 527 g/mol. The smallest absolute Gasteiger partial charge is 0.191 e. The van der Waals surface area contributed by atoms with E-state index in [1.165, 1.54) is 0 Å². The Bertz CT molecular complexity index is 426. The molecule has 0 amide bonds. The summed E-state index contributed by atoms with van der Waals surface area (Å²) in [5, 5.41) is 6.99. The lowest BCUT2D eigenvalue weighted by molar-refractivity contribution is -0.0318. The minimum absolute atomic E-state index is 0. The maximum Gasteiger partial charge on any atom is 0.191 e. The van der Waals surface area contributed by atoms with Crippen LogP contribution in [-0.2, 0) is 14.2 Å². The van der Waals surface area contributed by atoms with Gasteiger partial charge in [0.15, 0.2) is 5.96 Å². The molecule has 7 nitrogen and oxygen atoms in total. The van der Waals surface area contributed by atoms with Gasteiger partial charge in [-0.3, -0.25) is 4.99 Å². The summed E-state index contributed by atoms with van der Waals surface area (Å²) in [6, 6.07) is 0.499. The number of rotatable bonds is 11. The van der Waals surface area contributed by atoms with Crippen molar-refractivity contribution in [2.75, 3.05) is 59.2 Å². The molecule has 2 saturated heterocycles. The molecule has 2 heterocycles. The molecule has 0 atom stereocenters. The molecule has 0 unspecified atom stereocenters. The molecule has 0 aliphatic carbocycles. The van der Waals surface area contributed by atoms with Crippen LogP contribution < -0.4 is 10.6 Å². The van der Waals surface area contributed by atoms with E-state index in [4.69, 9.17) is 19.2 Å². The first-order valence-electron chi connectivity index (χ1n) is 11.3. The SMILES string of the molecule is CCNC(=NCCCOC1CCOCC1)NC1CCN(CCOC(C)C)CC1.I. The number of hydrogen-bond acceptors (Lipinski definition) is 5. The third-order valence-corrected chi connectivity index (χ3v) is 5.23. The number of aliphatic imine (C=N–C) groups is 1. The van der Waals surface area contributed by atoms with Gasteiger partial charge in [-0.05, 0) is 52.9 Å². The van der Waals surface area contributed by atoms with E-state index in [1.54, 1.807) is 0 Å². The number of hydrogen-bond donors (Lipinski definition) is 2. The second kappa shape index (κ2) is 16.5. The van der Waals surface area contributed by atoms with Crippen LogP contribution in [0.1, 0.15) is 52.9 Å². The van der Waals surface area contributed by atoms with E-state index in [-0.39, 0.29) is 24.0 Å². The molecule has 2 aliphatic heterocycles. The van der Waals surface area contributed by atoms with Crippen molar-refractivity contribution in [1.82, 2.24) is 15.5 Å². The van der Waals surface area contributed by atoms with Crippen molar-refractivity contribution < 1.29 is 14.2 Å². The molecule has 29 heavy (non-hydrogen) atoms. The quantitative estimate of drug-likeness (QED) is 0.187. The Balaban J connectivity index is 0.00000420. The van der Waals surface area contributed by atoms with Gasteiger partial charge in [-0.2, -0.15) is 0 Å². The highest BCUT2D eigenvalue weighted by Gasteiger charge is 2.20. The van der Waals surface area contributed by atoms with E-state index in [9.17, 15) is 0 Å². The molecule has 2 fully saturated rings. The van der Waals surface area contributed by atoms with Gasteiger partial charge >= 0.3 is 0 Å². The monoisotopic (exact) mass is 526 g/mol. The van der Waals surface area contributed by atoms with Crippen molar-refractivity contribution in [3.63, 3.8) is 0 Å². The van der Waals surface area contributed by atoms with Crippen LogP contribution in [-0.4, -0.2) is 88.3 Å². The number of nitrogens with one attached hydrogen (secondary N) is 2. The molecule has 2 aliphatic rings. The Morgan fingerprint density at radius 2 is 1.86 bits per heavy atom. The molecule has 2 rings (SSSR count). The lowest BCUT2D eigenvalue weighted by Crippen LogP contribution is -2.49. The van der Waals surface area contributed by atoms with Crippen LogP contribution in [0.2, 0.25) is 0 Å².